The summed E-state index contributed by atoms with van der Waals surface area (Å²) >= 11 is 3.18. The van der Waals surface area contributed by atoms with Gasteiger partial charge in [-0.25, -0.2) is 9.37 Å². The van der Waals surface area contributed by atoms with E-state index in [-0.39, 0.29) is 5.82 Å². The van der Waals surface area contributed by atoms with Gasteiger partial charge in [-0.2, -0.15) is 0 Å². The van der Waals surface area contributed by atoms with Crippen LogP contribution < -0.4 is 4.74 Å². The molecule has 1 aromatic heterocycles. The molecule has 18 heavy (non-hydrogen) atoms. The van der Waals surface area contributed by atoms with Gasteiger partial charge in [-0.3, -0.25) is 0 Å². The second kappa shape index (κ2) is 5.46. The van der Waals surface area contributed by atoms with Crippen molar-refractivity contribution in [3.63, 3.8) is 0 Å². The number of nitrogens with zero attached hydrogens (tertiary/aromatic N) is 1. The molecule has 0 bridgehead atoms. The van der Waals surface area contributed by atoms with Gasteiger partial charge < -0.3 is 9.84 Å². The molecule has 5 heteroatoms. The van der Waals surface area contributed by atoms with Gasteiger partial charge in [0.2, 0.25) is 5.88 Å². The first kappa shape index (κ1) is 13.0. The summed E-state index contributed by atoms with van der Waals surface area (Å²) in [6, 6.07) is 7.60. The topological polar surface area (TPSA) is 42.4 Å². The highest BCUT2D eigenvalue weighted by molar-refractivity contribution is 9.10. The Bertz CT molecular complexity index is 523. The molecule has 3 nitrogen and oxygen atoms in total. The molecule has 1 heterocycles. The van der Waals surface area contributed by atoms with Crippen molar-refractivity contribution in [1.29, 1.82) is 0 Å². The first-order valence-corrected chi connectivity index (χ1v) is 6.12. The molecule has 2 rings (SSSR count). The van der Waals surface area contributed by atoms with Crippen LogP contribution in [0.15, 0.2) is 41.0 Å². The SMILES string of the molecule is CC(O)c1ccc(Oc2cc(F)cc(Br)c2)nc1. The Morgan fingerprint density at radius 3 is 2.67 bits per heavy atom. The van der Waals surface area contributed by atoms with Crippen LogP contribution in [0.5, 0.6) is 11.6 Å². The van der Waals surface area contributed by atoms with Crippen LogP contribution in [0.25, 0.3) is 0 Å². The van der Waals surface area contributed by atoms with Crippen molar-refractivity contribution in [3.8, 4) is 11.6 Å². The molecule has 0 aliphatic carbocycles. The zero-order chi connectivity index (χ0) is 13.1. The maximum Gasteiger partial charge on any atom is 0.219 e. The predicted molar refractivity (Wildman–Crippen MR) is 69.0 cm³/mol. The van der Waals surface area contributed by atoms with Gasteiger partial charge in [0.25, 0.3) is 0 Å². The fourth-order valence-electron chi connectivity index (χ4n) is 1.41. The number of hydrogen-bond acceptors (Lipinski definition) is 3. The highest BCUT2D eigenvalue weighted by Gasteiger charge is 2.05. The molecule has 0 amide bonds. The van der Waals surface area contributed by atoms with Crippen molar-refractivity contribution in [2.24, 2.45) is 0 Å². The van der Waals surface area contributed by atoms with Crippen molar-refractivity contribution >= 4 is 15.9 Å². The number of aromatic nitrogens is 1. The summed E-state index contributed by atoms with van der Waals surface area (Å²) in [5.74, 6) is 0.316. The summed E-state index contributed by atoms with van der Waals surface area (Å²) in [6.45, 7) is 1.65. The average Bonchev–Trinajstić information content (AvgIpc) is 2.28. The van der Waals surface area contributed by atoms with E-state index >= 15 is 0 Å². The van der Waals surface area contributed by atoms with Crippen LogP contribution in [0.2, 0.25) is 0 Å². The Morgan fingerprint density at radius 1 is 1.33 bits per heavy atom. The molecule has 0 aliphatic rings. The fourth-order valence-corrected chi connectivity index (χ4v) is 1.85. The average molecular weight is 312 g/mol. The molecule has 0 radical (unpaired) electrons. The van der Waals surface area contributed by atoms with E-state index in [4.69, 9.17) is 4.74 Å². The van der Waals surface area contributed by atoms with E-state index in [1.807, 2.05) is 0 Å². The van der Waals surface area contributed by atoms with Gasteiger partial charge in [0.05, 0.1) is 6.10 Å². The number of benzene rings is 1. The van der Waals surface area contributed by atoms with Gasteiger partial charge in [0.15, 0.2) is 0 Å². The van der Waals surface area contributed by atoms with Crippen LogP contribution in [0.4, 0.5) is 4.39 Å². The predicted octanol–water partition coefficient (Wildman–Crippen LogP) is 3.83. The van der Waals surface area contributed by atoms with Crippen molar-refractivity contribution < 1.29 is 14.2 Å². The largest absolute Gasteiger partial charge is 0.439 e. The van der Waals surface area contributed by atoms with E-state index in [1.165, 1.54) is 18.3 Å². The van der Waals surface area contributed by atoms with Crippen LogP contribution in [0.1, 0.15) is 18.6 Å². The summed E-state index contributed by atoms with van der Waals surface area (Å²) in [7, 11) is 0. The number of rotatable bonds is 3. The van der Waals surface area contributed by atoms with E-state index in [1.54, 1.807) is 25.1 Å². The number of aliphatic hydroxyl groups excluding tert-OH is 1. The summed E-state index contributed by atoms with van der Waals surface area (Å²) in [5.41, 5.74) is 0.697. The molecule has 1 aromatic carbocycles. The Balaban J connectivity index is 2.18. The molecule has 94 valence electrons. The first-order valence-electron chi connectivity index (χ1n) is 5.32. The molecule has 0 spiro atoms. The van der Waals surface area contributed by atoms with E-state index in [2.05, 4.69) is 20.9 Å². The second-order valence-electron chi connectivity index (χ2n) is 3.81. The number of ether oxygens (including phenoxy) is 1. The zero-order valence-corrected chi connectivity index (χ0v) is 11.2. The molecule has 0 saturated carbocycles. The highest BCUT2D eigenvalue weighted by Crippen LogP contribution is 2.25. The maximum absolute atomic E-state index is 13.1. The Hall–Kier alpha value is -1.46. The summed E-state index contributed by atoms with van der Waals surface area (Å²) < 4.78 is 19.1. The Morgan fingerprint density at radius 2 is 2.11 bits per heavy atom. The number of halogens is 2. The molecule has 1 atom stereocenters. The monoisotopic (exact) mass is 311 g/mol. The molecule has 1 N–H and O–H groups in total. The minimum atomic E-state index is -0.574. The molecule has 0 fully saturated rings. The number of aliphatic hydroxyl groups is 1. The minimum absolute atomic E-state index is 0.344. The van der Waals surface area contributed by atoms with Crippen LogP contribution in [-0.4, -0.2) is 10.1 Å². The van der Waals surface area contributed by atoms with Crippen LogP contribution in [0, 0.1) is 5.82 Å². The zero-order valence-electron chi connectivity index (χ0n) is 9.60. The van der Waals surface area contributed by atoms with Crippen molar-refractivity contribution in [3.05, 3.63) is 52.4 Å². The van der Waals surface area contributed by atoms with E-state index in [9.17, 15) is 9.50 Å². The molecule has 0 aliphatic heterocycles. The number of hydrogen-bond donors (Lipinski definition) is 1. The van der Waals surface area contributed by atoms with Crippen LogP contribution >= 0.6 is 15.9 Å². The molecular weight excluding hydrogens is 301 g/mol. The lowest BCUT2D eigenvalue weighted by Gasteiger charge is -2.07. The van der Waals surface area contributed by atoms with Crippen LogP contribution in [0.3, 0.4) is 0 Å². The van der Waals surface area contributed by atoms with Gasteiger partial charge in [-0.05, 0) is 30.7 Å². The van der Waals surface area contributed by atoms with E-state index in [0.717, 1.165) is 0 Å². The third-order valence-electron chi connectivity index (χ3n) is 2.30. The summed E-state index contributed by atoms with van der Waals surface area (Å²) in [6.07, 6.45) is 0.948. The molecule has 0 saturated heterocycles. The third kappa shape index (κ3) is 3.27. The van der Waals surface area contributed by atoms with Gasteiger partial charge in [-0.1, -0.05) is 15.9 Å². The van der Waals surface area contributed by atoms with Crippen molar-refractivity contribution in [2.45, 2.75) is 13.0 Å². The fraction of sp³-hybridized carbons (Fsp3) is 0.154. The normalized spacial score (nSPS) is 12.2. The lowest BCUT2D eigenvalue weighted by Crippen LogP contribution is -1.94. The van der Waals surface area contributed by atoms with Gasteiger partial charge >= 0.3 is 0 Å². The van der Waals surface area contributed by atoms with Crippen molar-refractivity contribution in [1.82, 2.24) is 4.98 Å². The molecular formula is C13H11BrFNO2. The van der Waals surface area contributed by atoms with Gasteiger partial charge in [-0.15, -0.1) is 0 Å². The smallest absolute Gasteiger partial charge is 0.219 e. The lowest BCUT2D eigenvalue weighted by atomic mass is 10.2. The lowest BCUT2D eigenvalue weighted by molar-refractivity contribution is 0.198. The third-order valence-corrected chi connectivity index (χ3v) is 2.76. The summed E-state index contributed by atoms with van der Waals surface area (Å²) in [5, 5.41) is 9.34. The highest BCUT2D eigenvalue weighted by atomic mass is 79.9. The Labute approximate surface area is 112 Å². The maximum atomic E-state index is 13.1. The number of pyridine rings is 1. The first-order chi connectivity index (χ1) is 8.54. The standard InChI is InChI=1S/C13H11BrFNO2/c1-8(17)9-2-3-13(16-7-9)18-12-5-10(14)4-11(15)6-12/h2-8,17H,1H3. The van der Waals surface area contributed by atoms with E-state index < -0.39 is 6.10 Å². The molecule has 1 unspecified atom stereocenters. The quantitative estimate of drug-likeness (QED) is 0.936. The Kier molecular flexibility index (Phi) is 3.93. The molecule has 2 aromatic rings. The van der Waals surface area contributed by atoms with Gasteiger partial charge in [0, 0.05) is 22.8 Å². The second-order valence-corrected chi connectivity index (χ2v) is 4.73. The summed E-state index contributed by atoms with van der Waals surface area (Å²) in [4.78, 5) is 4.03. The van der Waals surface area contributed by atoms with E-state index in [0.29, 0.717) is 21.7 Å². The minimum Gasteiger partial charge on any atom is -0.439 e. The van der Waals surface area contributed by atoms with Crippen molar-refractivity contribution in [2.75, 3.05) is 0 Å². The van der Waals surface area contributed by atoms with Crippen LogP contribution in [-0.2, 0) is 0 Å². The van der Waals surface area contributed by atoms with Gasteiger partial charge in [0.1, 0.15) is 11.6 Å².